The quantitative estimate of drug-likeness (QED) is 0.804. The fourth-order valence-corrected chi connectivity index (χ4v) is 1.82. The van der Waals surface area contributed by atoms with Crippen molar-refractivity contribution >= 4 is 5.69 Å². The van der Waals surface area contributed by atoms with E-state index in [-0.39, 0.29) is 6.04 Å². The molecule has 3 N–H and O–H groups in total. The van der Waals surface area contributed by atoms with Gasteiger partial charge >= 0.3 is 0 Å². The minimum Gasteiger partial charge on any atom is -0.496 e. The van der Waals surface area contributed by atoms with E-state index in [2.05, 4.69) is 31.3 Å². The number of ether oxygens (including phenoxy) is 1. The first-order valence-corrected chi connectivity index (χ1v) is 5.69. The highest BCUT2D eigenvalue weighted by atomic mass is 16.5. The second kappa shape index (κ2) is 5.75. The van der Waals surface area contributed by atoms with Crippen LogP contribution >= 0.6 is 0 Å². The van der Waals surface area contributed by atoms with Crippen LogP contribution in [0.3, 0.4) is 0 Å². The summed E-state index contributed by atoms with van der Waals surface area (Å²) in [6, 6.07) is 4.45. The van der Waals surface area contributed by atoms with Crippen LogP contribution in [0.5, 0.6) is 5.75 Å². The molecule has 1 atom stereocenters. The molecule has 0 bridgehead atoms. The van der Waals surface area contributed by atoms with Crippen LogP contribution in [0.15, 0.2) is 12.1 Å². The lowest BCUT2D eigenvalue weighted by atomic mass is 10.1. The van der Waals surface area contributed by atoms with Crippen LogP contribution in [0.25, 0.3) is 0 Å². The second-order valence-corrected chi connectivity index (χ2v) is 4.34. The normalized spacial score (nSPS) is 12.3. The molecule has 90 valence electrons. The van der Waals surface area contributed by atoms with Crippen LogP contribution in [0.4, 0.5) is 5.69 Å². The van der Waals surface area contributed by atoms with E-state index in [1.807, 2.05) is 6.92 Å². The van der Waals surface area contributed by atoms with E-state index in [0.717, 1.165) is 35.5 Å². The first-order valence-electron chi connectivity index (χ1n) is 5.69. The number of benzene rings is 1. The summed E-state index contributed by atoms with van der Waals surface area (Å²) < 4.78 is 5.33. The predicted molar refractivity (Wildman–Crippen MR) is 69.2 cm³/mol. The Morgan fingerprint density at radius 1 is 1.31 bits per heavy atom. The highest BCUT2D eigenvalue weighted by Gasteiger charge is 2.04. The van der Waals surface area contributed by atoms with Crippen molar-refractivity contribution in [3.8, 4) is 5.75 Å². The largest absolute Gasteiger partial charge is 0.496 e. The summed E-state index contributed by atoms with van der Waals surface area (Å²) in [5.74, 6) is 0.970. The summed E-state index contributed by atoms with van der Waals surface area (Å²) in [5, 5.41) is 3.37. The number of hydrogen-bond acceptors (Lipinski definition) is 3. The summed E-state index contributed by atoms with van der Waals surface area (Å²) in [7, 11) is 1.71. The van der Waals surface area contributed by atoms with Crippen molar-refractivity contribution < 1.29 is 4.74 Å². The average molecular weight is 222 g/mol. The first kappa shape index (κ1) is 12.8. The molecule has 3 heteroatoms. The second-order valence-electron chi connectivity index (χ2n) is 4.34. The molecular formula is C13H22N2O. The third-order valence-corrected chi connectivity index (χ3v) is 2.59. The van der Waals surface area contributed by atoms with Gasteiger partial charge in [-0.2, -0.15) is 0 Å². The minimum absolute atomic E-state index is 0.243. The smallest absolute Gasteiger partial charge is 0.124 e. The van der Waals surface area contributed by atoms with Crippen LogP contribution in [0.2, 0.25) is 0 Å². The van der Waals surface area contributed by atoms with Crippen LogP contribution < -0.4 is 15.8 Å². The van der Waals surface area contributed by atoms with E-state index in [0.29, 0.717) is 0 Å². The number of aryl methyl sites for hydroxylation is 2. The lowest BCUT2D eigenvalue weighted by Gasteiger charge is -2.13. The molecule has 0 aliphatic rings. The molecule has 0 spiro atoms. The summed E-state index contributed by atoms with van der Waals surface area (Å²) >= 11 is 0. The Hall–Kier alpha value is -1.22. The van der Waals surface area contributed by atoms with E-state index in [9.17, 15) is 0 Å². The van der Waals surface area contributed by atoms with Gasteiger partial charge in [0.25, 0.3) is 0 Å². The van der Waals surface area contributed by atoms with Crippen LogP contribution in [-0.2, 0) is 0 Å². The number of nitrogens with two attached hydrogens (primary N) is 1. The van der Waals surface area contributed by atoms with Crippen LogP contribution in [-0.4, -0.2) is 19.7 Å². The maximum atomic E-state index is 5.70. The molecule has 0 heterocycles. The zero-order valence-corrected chi connectivity index (χ0v) is 10.6. The van der Waals surface area contributed by atoms with Gasteiger partial charge < -0.3 is 15.8 Å². The van der Waals surface area contributed by atoms with E-state index in [1.54, 1.807) is 7.11 Å². The molecule has 0 amide bonds. The summed E-state index contributed by atoms with van der Waals surface area (Å²) in [5.41, 5.74) is 9.15. The van der Waals surface area contributed by atoms with Crippen molar-refractivity contribution in [1.29, 1.82) is 0 Å². The van der Waals surface area contributed by atoms with E-state index in [1.165, 1.54) is 0 Å². The van der Waals surface area contributed by atoms with Gasteiger partial charge in [0.1, 0.15) is 5.75 Å². The molecule has 0 aromatic heterocycles. The first-order chi connectivity index (χ1) is 7.54. The topological polar surface area (TPSA) is 47.3 Å². The number of nitrogens with one attached hydrogen (secondary N) is 1. The monoisotopic (exact) mass is 222 g/mol. The van der Waals surface area contributed by atoms with Crippen LogP contribution in [0.1, 0.15) is 24.5 Å². The van der Waals surface area contributed by atoms with E-state index < -0.39 is 0 Å². The SMILES string of the molecule is COc1c(C)cc(NCCC(C)N)cc1C. The Morgan fingerprint density at radius 3 is 2.31 bits per heavy atom. The van der Waals surface area contributed by atoms with Gasteiger partial charge in [0.15, 0.2) is 0 Å². The molecule has 0 saturated heterocycles. The molecule has 0 aliphatic heterocycles. The van der Waals surface area contributed by atoms with Crippen molar-refractivity contribution in [2.75, 3.05) is 19.0 Å². The van der Waals surface area contributed by atoms with Crippen molar-refractivity contribution in [1.82, 2.24) is 0 Å². The highest BCUT2D eigenvalue weighted by molar-refractivity contribution is 5.55. The zero-order chi connectivity index (χ0) is 12.1. The maximum Gasteiger partial charge on any atom is 0.124 e. The minimum atomic E-state index is 0.243. The molecule has 1 aromatic rings. The van der Waals surface area contributed by atoms with Gasteiger partial charge in [0, 0.05) is 18.3 Å². The van der Waals surface area contributed by atoms with Crippen molar-refractivity contribution in [2.24, 2.45) is 5.73 Å². The maximum absolute atomic E-state index is 5.70. The van der Waals surface area contributed by atoms with Gasteiger partial charge in [0.2, 0.25) is 0 Å². The molecule has 0 fully saturated rings. The Morgan fingerprint density at radius 2 is 1.88 bits per heavy atom. The summed E-state index contributed by atoms with van der Waals surface area (Å²) in [6.07, 6.45) is 0.976. The Bertz CT molecular complexity index is 325. The van der Waals surface area contributed by atoms with Crippen LogP contribution in [0, 0.1) is 13.8 Å². The average Bonchev–Trinajstić information content (AvgIpc) is 2.16. The Balaban J connectivity index is 2.68. The Labute approximate surface area is 98.0 Å². The third kappa shape index (κ3) is 3.42. The molecular weight excluding hydrogens is 200 g/mol. The highest BCUT2D eigenvalue weighted by Crippen LogP contribution is 2.26. The lowest BCUT2D eigenvalue weighted by molar-refractivity contribution is 0.408. The van der Waals surface area contributed by atoms with E-state index in [4.69, 9.17) is 10.5 Å². The summed E-state index contributed by atoms with van der Waals surface area (Å²) in [6.45, 7) is 7.04. The molecule has 0 saturated carbocycles. The zero-order valence-electron chi connectivity index (χ0n) is 10.6. The molecule has 16 heavy (non-hydrogen) atoms. The molecule has 1 rings (SSSR count). The van der Waals surface area contributed by atoms with Gasteiger partial charge in [0.05, 0.1) is 7.11 Å². The van der Waals surface area contributed by atoms with Crippen molar-refractivity contribution in [3.63, 3.8) is 0 Å². The third-order valence-electron chi connectivity index (χ3n) is 2.59. The lowest BCUT2D eigenvalue weighted by Crippen LogP contribution is -2.19. The Kier molecular flexibility index (Phi) is 4.62. The molecule has 3 nitrogen and oxygen atoms in total. The number of rotatable bonds is 5. The van der Waals surface area contributed by atoms with Gasteiger partial charge in [-0.05, 0) is 50.5 Å². The summed E-state index contributed by atoms with van der Waals surface area (Å²) in [4.78, 5) is 0. The predicted octanol–water partition coefficient (Wildman–Crippen LogP) is 2.46. The van der Waals surface area contributed by atoms with E-state index >= 15 is 0 Å². The van der Waals surface area contributed by atoms with Gasteiger partial charge in [-0.25, -0.2) is 0 Å². The standard InChI is InChI=1S/C13H22N2O/c1-9-7-12(15-6-5-11(3)14)8-10(2)13(9)16-4/h7-8,11,15H,5-6,14H2,1-4H3. The fraction of sp³-hybridized carbons (Fsp3) is 0.538. The number of methoxy groups -OCH3 is 1. The molecule has 1 aromatic carbocycles. The van der Waals surface area contributed by atoms with Gasteiger partial charge in [-0.1, -0.05) is 0 Å². The van der Waals surface area contributed by atoms with Gasteiger partial charge in [-0.15, -0.1) is 0 Å². The molecule has 0 radical (unpaired) electrons. The fourth-order valence-electron chi connectivity index (χ4n) is 1.82. The van der Waals surface area contributed by atoms with Crippen molar-refractivity contribution in [3.05, 3.63) is 23.3 Å². The van der Waals surface area contributed by atoms with Gasteiger partial charge in [-0.3, -0.25) is 0 Å². The molecule has 0 aliphatic carbocycles. The number of anilines is 1. The number of hydrogen-bond donors (Lipinski definition) is 2. The van der Waals surface area contributed by atoms with Crippen molar-refractivity contribution in [2.45, 2.75) is 33.2 Å². The molecule has 1 unspecified atom stereocenters.